The summed E-state index contributed by atoms with van der Waals surface area (Å²) in [5, 5.41) is 8.97. The van der Waals surface area contributed by atoms with Gasteiger partial charge in [0.15, 0.2) is 0 Å². The van der Waals surface area contributed by atoms with Gasteiger partial charge < -0.3 is 20.5 Å². The lowest BCUT2D eigenvalue weighted by Crippen LogP contribution is -2.20. The number of nitrogens with two attached hydrogens (primary N) is 1. The second-order valence-corrected chi connectivity index (χ2v) is 7.29. The molecule has 0 aliphatic heterocycles. The molecule has 0 saturated carbocycles. The van der Waals surface area contributed by atoms with Gasteiger partial charge in [-0.05, 0) is 81.0 Å². The van der Waals surface area contributed by atoms with Crippen molar-refractivity contribution in [2.45, 2.75) is 27.2 Å². The summed E-state index contributed by atoms with van der Waals surface area (Å²) in [5.41, 5.74) is 10.1. The number of aromatic carboxylic acids is 1. The van der Waals surface area contributed by atoms with Gasteiger partial charge in [0.1, 0.15) is 11.6 Å². The van der Waals surface area contributed by atoms with Crippen molar-refractivity contribution >= 4 is 29.2 Å². The topological polar surface area (TPSA) is 88.1 Å². The molecule has 2 aromatic carbocycles. The molecular weight excluding hydrogens is 386 g/mol. The van der Waals surface area contributed by atoms with Gasteiger partial charge in [-0.3, -0.25) is 0 Å². The maximum atomic E-state index is 10.9. The van der Waals surface area contributed by atoms with Crippen molar-refractivity contribution in [2.24, 2.45) is 10.7 Å². The van der Waals surface area contributed by atoms with Crippen LogP contribution in [0, 0.1) is 13.8 Å². The number of carboxylic acid groups (broad SMARTS) is 1. The Morgan fingerprint density at radius 3 is 2.38 bits per heavy atom. The molecule has 2 aromatic rings. The van der Waals surface area contributed by atoms with Crippen LogP contribution >= 0.6 is 12.2 Å². The Balaban J connectivity index is 2.10. The van der Waals surface area contributed by atoms with E-state index in [1.807, 2.05) is 13.0 Å². The minimum Gasteiger partial charge on any atom is -0.478 e. The normalized spacial score (nSPS) is 11.6. The highest BCUT2D eigenvalue weighted by atomic mass is 32.1. The Kier molecular flexibility index (Phi) is 7.87. The lowest BCUT2D eigenvalue weighted by atomic mass is 10.0. The summed E-state index contributed by atoms with van der Waals surface area (Å²) in [5.74, 6) is -0.181. The van der Waals surface area contributed by atoms with E-state index in [0.29, 0.717) is 11.3 Å². The van der Waals surface area contributed by atoms with Crippen molar-refractivity contribution < 1.29 is 14.6 Å². The zero-order chi connectivity index (χ0) is 21.6. The van der Waals surface area contributed by atoms with Crippen molar-refractivity contribution in [1.82, 2.24) is 4.90 Å². The molecule has 0 aliphatic carbocycles. The number of hydrogen-bond donors (Lipinski definition) is 2. The van der Waals surface area contributed by atoms with Gasteiger partial charge in [-0.1, -0.05) is 25.1 Å². The quantitative estimate of drug-likeness (QED) is 0.410. The van der Waals surface area contributed by atoms with E-state index in [-0.39, 0.29) is 16.6 Å². The molecule has 29 heavy (non-hydrogen) atoms. The van der Waals surface area contributed by atoms with Gasteiger partial charge in [-0.2, -0.15) is 4.99 Å². The molecule has 6 nitrogen and oxygen atoms in total. The minimum absolute atomic E-state index is 0.00535. The monoisotopic (exact) mass is 413 g/mol. The first kappa shape index (κ1) is 22.5. The zero-order valence-corrected chi connectivity index (χ0v) is 18.0. The number of benzene rings is 2. The summed E-state index contributed by atoms with van der Waals surface area (Å²) in [6.45, 7) is 8.19. The smallest absolute Gasteiger partial charge is 0.335 e. The predicted octanol–water partition coefficient (Wildman–Crippen LogP) is 3.57. The Morgan fingerprint density at radius 2 is 1.79 bits per heavy atom. The standard InChI is InChI=1S/C22H27N3O3S/c1-5-25(4)11-10-18-12-15(3)19(13-14(18)2)28-22(29)24-20(23)16-6-8-17(9-7-16)21(26)27/h6-9,12-13H,5,10-11H2,1-4H3,(H,26,27)(H2,23,24,29). The molecule has 154 valence electrons. The zero-order valence-electron chi connectivity index (χ0n) is 17.2. The van der Waals surface area contributed by atoms with Gasteiger partial charge >= 0.3 is 5.97 Å². The fraction of sp³-hybridized carbons (Fsp3) is 0.318. The molecule has 0 unspecified atom stereocenters. The Hall–Kier alpha value is -2.77. The predicted molar refractivity (Wildman–Crippen MR) is 120 cm³/mol. The SMILES string of the molecule is CCN(C)CCc1cc(C)c(OC(=S)N=C(N)c2ccc(C(=O)O)cc2)cc1C. The third kappa shape index (κ3) is 6.37. The summed E-state index contributed by atoms with van der Waals surface area (Å²) >= 11 is 5.23. The van der Waals surface area contributed by atoms with E-state index in [0.717, 1.165) is 30.6 Å². The summed E-state index contributed by atoms with van der Waals surface area (Å²) in [6.07, 6.45) is 0.971. The van der Waals surface area contributed by atoms with Gasteiger partial charge in [0.25, 0.3) is 5.17 Å². The lowest BCUT2D eigenvalue weighted by molar-refractivity contribution is 0.0697. The average Bonchev–Trinajstić information content (AvgIpc) is 2.69. The molecule has 0 spiro atoms. The summed E-state index contributed by atoms with van der Waals surface area (Å²) in [6, 6.07) is 10.2. The molecule has 3 N–H and O–H groups in total. The molecule has 0 aromatic heterocycles. The maximum absolute atomic E-state index is 10.9. The highest BCUT2D eigenvalue weighted by Gasteiger charge is 2.10. The molecule has 0 aliphatic rings. The third-order valence-corrected chi connectivity index (χ3v) is 4.95. The van der Waals surface area contributed by atoms with Crippen LogP contribution < -0.4 is 10.5 Å². The van der Waals surface area contributed by atoms with E-state index in [1.54, 1.807) is 12.1 Å². The lowest BCUT2D eigenvalue weighted by Gasteiger charge is -2.16. The Labute approximate surface area is 177 Å². The third-order valence-electron chi connectivity index (χ3n) is 4.77. The fourth-order valence-electron chi connectivity index (χ4n) is 2.76. The van der Waals surface area contributed by atoms with Crippen LogP contribution in [0.3, 0.4) is 0 Å². The molecule has 0 atom stereocenters. The molecule has 7 heteroatoms. The van der Waals surface area contributed by atoms with Crippen molar-refractivity contribution in [3.8, 4) is 5.75 Å². The minimum atomic E-state index is -0.999. The maximum Gasteiger partial charge on any atom is 0.335 e. The molecule has 0 fully saturated rings. The Bertz CT molecular complexity index is 924. The number of likely N-dealkylation sites (N-methyl/N-ethyl adjacent to an activating group) is 1. The molecule has 0 heterocycles. The first-order chi connectivity index (χ1) is 13.7. The number of carbonyl (C=O) groups is 1. The van der Waals surface area contributed by atoms with Gasteiger partial charge in [-0.15, -0.1) is 0 Å². The molecule has 0 radical (unpaired) electrons. The van der Waals surface area contributed by atoms with Crippen LogP contribution in [0.15, 0.2) is 41.4 Å². The van der Waals surface area contributed by atoms with Crippen LogP contribution in [0.2, 0.25) is 0 Å². The van der Waals surface area contributed by atoms with E-state index in [9.17, 15) is 4.79 Å². The number of amidine groups is 1. The van der Waals surface area contributed by atoms with Gasteiger partial charge in [0.2, 0.25) is 0 Å². The molecule has 0 saturated heterocycles. The van der Waals surface area contributed by atoms with Gasteiger partial charge in [0.05, 0.1) is 5.56 Å². The summed E-state index contributed by atoms with van der Waals surface area (Å²) < 4.78 is 5.74. The number of aliphatic imine (C=N–C) groups is 1. The van der Waals surface area contributed by atoms with Crippen LogP contribution in [-0.4, -0.2) is 47.1 Å². The first-order valence-corrected chi connectivity index (χ1v) is 9.80. The van der Waals surface area contributed by atoms with E-state index < -0.39 is 5.97 Å². The van der Waals surface area contributed by atoms with Crippen LogP contribution in [0.5, 0.6) is 5.75 Å². The highest BCUT2D eigenvalue weighted by Crippen LogP contribution is 2.24. The summed E-state index contributed by atoms with van der Waals surface area (Å²) in [7, 11) is 2.11. The van der Waals surface area contributed by atoms with Crippen molar-refractivity contribution in [3.05, 3.63) is 64.2 Å². The molecule has 0 bridgehead atoms. The largest absolute Gasteiger partial charge is 0.478 e. The number of carboxylic acids is 1. The second-order valence-electron chi connectivity index (χ2n) is 6.94. The van der Waals surface area contributed by atoms with Crippen LogP contribution in [0.25, 0.3) is 0 Å². The second kappa shape index (κ2) is 10.1. The molecular formula is C22H27N3O3S. The van der Waals surface area contributed by atoms with E-state index in [2.05, 4.69) is 36.9 Å². The summed E-state index contributed by atoms with van der Waals surface area (Å²) in [4.78, 5) is 17.3. The average molecular weight is 414 g/mol. The van der Waals surface area contributed by atoms with Crippen molar-refractivity contribution in [2.75, 3.05) is 20.1 Å². The molecule has 2 rings (SSSR count). The number of rotatable bonds is 7. The number of ether oxygens (including phenoxy) is 1. The van der Waals surface area contributed by atoms with Crippen molar-refractivity contribution in [3.63, 3.8) is 0 Å². The van der Waals surface area contributed by atoms with Crippen LogP contribution in [0.4, 0.5) is 0 Å². The number of aryl methyl sites for hydroxylation is 2. The van der Waals surface area contributed by atoms with Crippen LogP contribution in [0.1, 0.15) is 39.5 Å². The van der Waals surface area contributed by atoms with E-state index in [1.165, 1.54) is 17.7 Å². The van der Waals surface area contributed by atoms with Crippen molar-refractivity contribution in [1.29, 1.82) is 0 Å². The molecule has 0 amide bonds. The van der Waals surface area contributed by atoms with E-state index >= 15 is 0 Å². The van der Waals surface area contributed by atoms with Crippen LogP contribution in [-0.2, 0) is 6.42 Å². The van der Waals surface area contributed by atoms with Gasteiger partial charge in [0, 0.05) is 12.1 Å². The number of hydrogen-bond acceptors (Lipinski definition) is 4. The van der Waals surface area contributed by atoms with Gasteiger partial charge in [-0.25, -0.2) is 4.79 Å². The van der Waals surface area contributed by atoms with E-state index in [4.69, 9.17) is 27.8 Å². The number of nitrogens with zero attached hydrogens (tertiary/aromatic N) is 2. The first-order valence-electron chi connectivity index (χ1n) is 9.39. The Morgan fingerprint density at radius 1 is 1.17 bits per heavy atom. The highest BCUT2D eigenvalue weighted by molar-refractivity contribution is 7.80. The fourth-order valence-corrected chi connectivity index (χ4v) is 2.95. The number of thiocarbonyl (C=S) groups is 1.